The minimum Gasteiger partial charge on any atom is -0.321 e. The maximum Gasteiger partial charge on any atom is 0.418 e. The van der Waals surface area contributed by atoms with E-state index in [1.165, 1.54) is 46.8 Å². The van der Waals surface area contributed by atoms with Gasteiger partial charge in [0.15, 0.2) is 0 Å². The highest BCUT2D eigenvalue weighted by atomic mass is 32.2. The molecule has 0 fully saturated rings. The van der Waals surface area contributed by atoms with Gasteiger partial charge in [-0.05, 0) is 42.0 Å². The molecule has 0 aliphatic rings. The highest BCUT2D eigenvalue weighted by molar-refractivity contribution is 7.92. The number of anilines is 2. The van der Waals surface area contributed by atoms with Crippen LogP contribution in [-0.4, -0.2) is 20.6 Å². The van der Waals surface area contributed by atoms with Crippen LogP contribution in [0.15, 0.2) is 78.9 Å². The molecule has 0 radical (unpaired) electrons. The predicted molar refractivity (Wildman–Crippen MR) is 113 cm³/mol. The van der Waals surface area contributed by atoms with Gasteiger partial charge in [-0.15, -0.1) is 0 Å². The molecule has 0 saturated carbocycles. The summed E-state index contributed by atoms with van der Waals surface area (Å²) in [6.07, 6.45) is -3.54. The third kappa shape index (κ3) is 5.64. The number of nitrogens with zero attached hydrogens (tertiary/aromatic N) is 1. The minimum absolute atomic E-state index is 0.0916. The summed E-state index contributed by atoms with van der Waals surface area (Å²) in [6.45, 7) is 0.101. The fraction of sp³-hybridized carbons (Fsp3) is 0.136. The Bertz CT molecular complexity index is 1160. The van der Waals surface area contributed by atoms with E-state index in [1.54, 1.807) is 24.3 Å². The molecule has 3 aromatic rings. The van der Waals surface area contributed by atoms with Gasteiger partial charge in [-0.25, -0.2) is 8.42 Å². The van der Waals surface area contributed by atoms with E-state index < -0.39 is 27.7 Å². The number of hydrogen-bond acceptors (Lipinski definition) is 3. The molecule has 5 nitrogen and oxygen atoms in total. The molecule has 0 spiro atoms. The lowest BCUT2D eigenvalue weighted by Gasteiger charge is -2.22. The lowest BCUT2D eigenvalue weighted by atomic mass is 10.1. The zero-order chi connectivity index (χ0) is 22.6. The molecule has 3 rings (SSSR count). The fourth-order valence-corrected chi connectivity index (χ4v) is 3.85. The molecule has 0 saturated heterocycles. The van der Waals surface area contributed by atoms with Crippen LogP contribution < -0.4 is 9.62 Å². The van der Waals surface area contributed by atoms with Crippen molar-refractivity contribution in [2.24, 2.45) is 0 Å². The number of sulfonamides is 1. The number of carbonyl (C=O) groups excluding carboxylic acids is 1. The van der Waals surface area contributed by atoms with Gasteiger partial charge in [0.05, 0.1) is 29.7 Å². The van der Waals surface area contributed by atoms with Gasteiger partial charge in [-0.1, -0.05) is 42.5 Å². The van der Waals surface area contributed by atoms with Crippen LogP contribution in [0, 0.1) is 0 Å². The number of para-hydroxylation sites is 1. The third-order valence-electron chi connectivity index (χ3n) is 4.47. The first-order valence-electron chi connectivity index (χ1n) is 9.15. The summed E-state index contributed by atoms with van der Waals surface area (Å²) in [7, 11) is -3.61. The number of rotatable bonds is 6. The fourth-order valence-electron chi connectivity index (χ4n) is 2.96. The lowest BCUT2D eigenvalue weighted by molar-refractivity contribution is -0.136. The van der Waals surface area contributed by atoms with E-state index in [2.05, 4.69) is 5.32 Å². The first-order chi connectivity index (χ1) is 14.6. The average molecular weight is 448 g/mol. The first kappa shape index (κ1) is 22.4. The quantitative estimate of drug-likeness (QED) is 0.582. The van der Waals surface area contributed by atoms with Gasteiger partial charge in [-0.2, -0.15) is 13.2 Å². The maximum absolute atomic E-state index is 13.1. The van der Waals surface area contributed by atoms with Crippen molar-refractivity contribution >= 4 is 27.3 Å². The Morgan fingerprint density at radius 3 is 2.06 bits per heavy atom. The minimum atomic E-state index is -4.61. The van der Waals surface area contributed by atoms with Crippen LogP contribution in [0.3, 0.4) is 0 Å². The lowest BCUT2D eigenvalue weighted by Crippen LogP contribution is -2.29. The Hall–Kier alpha value is -3.33. The van der Waals surface area contributed by atoms with E-state index in [0.717, 1.165) is 17.9 Å². The van der Waals surface area contributed by atoms with Crippen LogP contribution in [0.5, 0.6) is 0 Å². The van der Waals surface area contributed by atoms with Crippen LogP contribution in [0.4, 0.5) is 24.5 Å². The summed E-state index contributed by atoms with van der Waals surface area (Å²) in [5, 5.41) is 2.26. The van der Waals surface area contributed by atoms with Gasteiger partial charge in [0, 0.05) is 5.56 Å². The van der Waals surface area contributed by atoms with Crippen molar-refractivity contribution < 1.29 is 26.4 Å². The molecule has 0 aliphatic carbocycles. The third-order valence-corrected chi connectivity index (χ3v) is 5.61. The molecular weight excluding hydrogens is 429 g/mol. The molecule has 0 atom stereocenters. The molecule has 0 unspecified atom stereocenters. The van der Waals surface area contributed by atoms with Gasteiger partial charge in [0.25, 0.3) is 5.91 Å². The average Bonchev–Trinajstić information content (AvgIpc) is 2.72. The number of carbonyl (C=O) groups is 1. The van der Waals surface area contributed by atoms with Gasteiger partial charge in [0.2, 0.25) is 10.0 Å². The van der Waals surface area contributed by atoms with E-state index >= 15 is 0 Å². The molecule has 9 heteroatoms. The second kappa shape index (κ2) is 8.81. The highest BCUT2D eigenvalue weighted by Crippen LogP contribution is 2.34. The molecular formula is C22H19F3N2O3S. The van der Waals surface area contributed by atoms with Crippen LogP contribution in [0.25, 0.3) is 0 Å². The first-order valence-corrected chi connectivity index (χ1v) is 11.0. The van der Waals surface area contributed by atoms with Gasteiger partial charge in [0.1, 0.15) is 0 Å². The molecule has 0 aromatic heterocycles. The Balaban J connectivity index is 1.83. The second-order valence-electron chi connectivity index (χ2n) is 6.80. The summed E-state index contributed by atoms with van der Waals surface area (Å²) < 4.78 is 65.1. The Morgan fingerprint density at radius 1 is 0.903 bits per heavy atom. The maximum atomic E-state index is 13.1. The van der Waals surface area contributed by atoms with Crippen molar-refractivity contribution in [2.75, 3.05) is 15.9 Å². The molecule has 1 N–H and O–H groups in total. The monoisotopic (exact) mass is 448 g/mol. The van der Waals surface area contributed by atoms with E-state index in [9.17, 15) is 26.4 Å². The normalized spacial score (nSPS) is 11.7. The van der Waals surface area contributed by atoms with Crippen molar-refractivity contribution in [1.29, 1.82) is 0 Å². The highest BCUT2D eigenvalue weighted by Gasteiger charge is 2.33. The number of nitrogens with one attached hydrogen (secondary N) is 1. The summed E-state index contributed by atoms with van der Waals surface area (Å²) in [5.41, 5.74) is -0.108. The van der Waals surface area contributed by atoms with E-state index in [1.807, 2.05) is 6.07 Å². The molecule has 0 heterocycles. The Morgan fingerprint density at radius 2 is 1.48 bits per heavy atom. The second-order valence-corrected chi connectivity index (χ2v) is 8.71. The van der Waals surface area contributed by atoms with Crippen LogP contribution in [0.2, 0.25) is 0 Å². The van der Waals surface area contributed by atoms with Crippen molar-refractivity contribution in [3.05, 3.63) is 95.6 Å². The molecule has 3 aromatic carbocycles. The van der Waals surface area contributed by atoms with Crippen LogP contribution in [0.1, 0.15) is 21.5 Å². The van der Waals surface area contributed by atoms with E-state index in [0.29, 0.717) is 5.69 Å². The van der Waals surface area contributed by atoms with Crippen molar-refractivity contribution in [3.63, 3.8) is 0 Å². The molecule has 162 valence electrons. The predicted octanol–water partition coefficient (Wildman–Crippen LogP) is 4.92. The van der Waals surface area contributed by atoms with Gasteiger partial charge in [-0.3, -0.25) is 9.10 Å². The van der Waals surface area contributed by atoms with Crippen molar-refractivity contribution in [3.8, 4) is 0 Å². The number of amides is 1. The van der Waals surface area contributed by atoms with E-state index in [4.69, 9.17) is 0 Å². The molecule has 1 amide bonds. The largest absolute Gasteiger partial charge is 0.418 e. The number of benzene rings is 3. The summed E-state index contributed by atoms with van der Waals surface area (Å²) in [4.78, 5) is 12.5. The van der Waals surface area contributed by atoms with Crippen molar-refractivity contribution in [1.82, 2.24) is 0 Å². The van der Waals surface area contributed by atoms with Crippen LogP contribution in [-0.2, 0) is 22.7 Å². The summed E-state index contributed by atoms with van der Waals surface area (Å²) in [6, 6.07) is 19.3. The van der Waals surface area contributed by atoms with E-state index in [-0.39, 0.29) is 17.8 Å². The topological polar surface area (TPSA) is 66.5 Å². The van der Waals surface area contributed by atoms with Crippen LogP contribution >= 0.6 is 0 Å². The zero-order valence-corrected chi connectivity index (χ0v) is 17.2. The SMILES string of the molecule is CS(=O)(=O)N(Cc1ccccc1)c1ccc(C(=O)Nc2ccccc2C(F)(F)F)cc1. The standard InChI is InChI=1S/C22H19F3N2O3S/c1-31(29,30)27(15-16-7-3-2-4-8-16)18-13-11-17(12-14-18)21(28)26-20-10-6-5-9-19(20)22(23,24)25/h2-14H,15H2,1H3,(H,26,28). The zero-order valence-electron chi connectivity index (χ0n) is 16.4. The molecule has 31 heavy (non-hydrogen) atoms. The van der Waals surface area contributed by atoms with Gasteiger partial charge < -0.3 is 5.32 Å². The summed E-state index contributed by atoms with van der Waals surface area (Å²) >= 11 is 0. The Labute approximate surface area is 178 Å². The van der Waals surface area contributed by atoms with Gasteiger partial charge >= 0.3 is 6.18 Å². The molecule has 0 bridgehead atoms. The number of halogens is 3. The summed E-state index contributed by atoms with van der Waals surface area (Å²) in [5.74, 6) is -0.739. The molecule has 0 aliphatic heterocycles. The Kier molecular flexibility index (Phi) is 6.35. The number of hydrogen-bond donors (Lipinski definition) is 1. The number of alkyl halides is 3. The smallest absolute Gasteiger partial charge is 0.321 e. The van der Waals surface area contributed by atoms with Crippen molar-refractivity contribution in [2.45, 2.75) is 12.7 Å².